The van der Waals surface area contributed by atoms with Gasteiger partial charge >= 0.3 is 0 Å². The summed E-state index contributed by atoms with van der Waals surface area (Å²) in [4.78, 5) is 0. The van der Waals surface area contributed by atoms with Gasteiger partial charge < -0.3 is 0 Å². The number of benzene rings is 2. The zero-order valence-corrected chi connectivity index (χ0v) is 24.0. The highest BCUT2D eigenvalue weighted by atomic mass is 35.5. The van der Waals surface area contributed by atoms with E-state index in [0.717, 1.165) is 36.2 Å². The molecule has 0 atom stereocenters. The molecule has 0 heterocycles. The molecule has 0 bridgehead atoms. The van der Waals surface area contributed by atoms with Gasteiger partial charge in [-0.25, -0.2) is 13.2 Å². The topological polar surface area (TPSA) is 0 Å². The minimum Gasteiger partial charge on any atom is -0.207 e. The Morgan fingerprint density at radius 3 is 1.82 bits per heavy atom. The van der Waals surface area contributed by atoms with Gasteiger partial charge in [0.25, 0.3) is 0 Å². The molecular weight excluding hydrogens is 501 g/mol. The molecule has 4 heteroatoms. The van der Waals surface area contributed by atoms with E-state index >= 15 is 0 Å². The second kappa shape index (κ2) is 14.8. The van der Waals surface area contributed by atoms with E-state index in [1.54, 1.807) is 18.2 Å². The third-order valence-corrected chi connectivity index (χ3v) is 9.85. The van der Waals surface area contributed by atoms with E-state index in [2.05, 4.69) is 6.92 Å². The van der Waals surface area contributed by atoms with Crippen LogP contribution in [-0.2, 0) is 12.8 Å². The van der Waals surface area contributed by atoms with Gasteiger partial charge in [-0.2, -0.15) is 0 Å². The van der Waals surface area contributed by atoms with Gasteiger partial charge in [-0.1, -0.05) is 95.2 Å². The Labute approximate surface area is 233 Å². The number of rotatable bonds is 12. The normalized spacial score (nSPS) is 24.0. The summed E-state index contributed by atoms with van der Waals surface area (Å²) < 4.78 is 43.5. The van der Waals surface area contributed by atoms with Crippen LogP contribution in [0, 0.1) is 35.2 Å². The van der Waals surface area contributed by atoms with E-state index in [0.29, 0.717) is 12.0 Å². The number of hydrogen-bond donors (Lipinski definition) is 0. The molecule has 2 aliphatic carbocycles. The Balaban J connectivity index is 1.18. The molecule has 0 unspecified atom stereocenters. The molecule has 38 heavy (non-hydrogen) atoms. The summed E-state index contributed by atoms with van der Waals surface area (Å²) in [6.07, 6.45) is 20.4. The van der Waals surface area contributed by atoms with Crippen LogP contribution in [-0.4, -0.2) is 0 Å². The highest BCUT2D eigenvalue weighted by molar-refractivity contribution is 6.30. The maximum Gasteiger partial charge on any atom is 0.142 e. The molecule has 210 valence electrons. The molecule has 2 saturated carbocycles. The lowest BCUT2D eigenvalue weighted by Crippen LogP contribution is -2.18. The summed E-state index contributed by atoms with van der Waals surface area (Å²) in [5, 5.41) is 0.0563. The molecule has 2 aliphatic rings. The molecule has 0 aliphatic heterocycles. The molecule has 0 nitrogen and oxygen atoms in total. The predicted molar refractivity (Wildman–Crippen MR) is 153 cm³/mol. The van der Waals surface area contributed by atoms with Crippen molar-refractivity contribution in [1.82, 2.24) is 0 Å². The largest absolute Gasteiger partial charge is 0.207 e. The van der Waals surface area contributed by atoms with Crippen LogP contribution in [0.25, 0.3) is 0 Å². The smallest absolute Gasteiger partial charge is 0.142 e. The number of aryl methyl sites for hydroxylation is 1. The van der Waals surface area contributed by atoms with Crippen molar-refractivity contribution in [3.8, 4) is 0 Å². The lowest BCUT2D eigenvalue weighted by molar-refractivity contribution is 0.222. The van der Waals surface area contributed by atoms with Crippen molar-refractivity contribution in [2.24, 2.45) is 17.8 Å². The number of unbranched alkanes of at least 4 members (excludes halogenated alkanes) is 3. The molecule has 0 spiro atoms. The van der Waals surface area contributed by atoms with Gasteiger partial charge in [0.05, 0.1) is 5.02 Å². The number of halogens is 4. The maximum absolute atomic E-state index is 14.9. The van der Waals surface area contributed by atoms with Crippen LogP contribution in [0.15, 0.2) is 30.3 Å². The first-order chi connectivity index (χ1) is 18.4. The summed E-state index contributed by atoms with van der Waals surface area (Å²) in [6, 6.07) is 7.62. The quantitative estimate of drug-likeness (QED) is 0.232. The van der Waals surface area contributed by atoms with Crippen LogP contribution < -0.4 is 0 Å². The van der Waals surface area contributed by atoms with Gasteiger partial charge in [-0.15, -0.1) is 0 Å². The average Bonchev–Trinajstić information content (AvgIpc) is 2.92. The van der Waals surface area contributed by atoms with Crippen LogP contribution in [0.3, 0.4) is 0 Å². The second-order valence-electron chi connectivity index (χ2n) is 12.2. The lowest BCUT2D eigenvalue weighted by atomic mass is 9.74. The van der Waals surface area contributed by atoms with Crippen LogP contribution in [0.4, 0.5) is 13.2 Å². The lowest BCUT2D eigenvalue weighted by Gasteiger charge is -2.32. The first-order valence-electron chi connectivity index (χ1n) is 15.3. The summed E-state index contributed by atoms with van der Waals surface area (Å²) in [7, 11) is 0. The first kappa shape index (κ1) is 29.5. The van der Waals surface area contributed by atoms with Crippen LogP contribution in [0.1, 0.15) is 126 Å². The Morgan fingerprint density at radius 1 is 0.658 bits per heavy atom. The van der Waals surface area contributed by atoms with Crippen molar-refractivity contribution < 1.29 is 13.2 Å². The van der Waals surface area contributed by atoms with Gasteiger partial charge in [-0.3, -0.25) is 0 Å². The minimum atomic E-state index is -0.503. The van der Waals surface area contributed by atoms with Crippen molar-refractivity contribution in [2.45, 2.75) is 122 Å². The Hall–Kier alpha value is -1.48. The van der Waals surface area contributed by atoms with Crippen molar-refractivity contribution in [3.63, 3.8) is 0 Å². The summed E-state index contributed by atoms with van der Waals surface area (Å²) >= 11 is 5.73. The van der Waals surface area contributed by atoms with Gasteiger partial charge in [0, 0.05) is 5.56 Å². The monoisotopic (exact) mass is 546 g/mol. The molecule has 4 rings (SSSR count). The fraction of sp³-hybridized carbons (Fsp3) is 0.647. The molecule has 0 amide bonds. The Morgan fingerprint density at radius 2 is 1.24 bits per heavy atom. The van der Waals surface area contributed by atoms with Crippen molar-refractivity contribution in [3.05, 3.63) is 69.5 Å². The van der Waals surface area contributed by atoms with Gasteiger partial charge in [-0.05, 0) is 97.6 Å². The standard InChI is InChI=1S/C34H46ClF3/c1-2-3-4-5-6-24-7-9-25(10-8-24)11-12-26-13-17-28(18-14-26)29-22-32(36)30(33(37)23-29)19-15-27-16-20-31(35)34(38)21-27/h16,20-26,28H,2-15,17-19H2,1H3/t24-,25-,26?,28?. The van der Waals surface area contributed by atoms with Gasteiger partial charge in [0.15, 0.2) is 0 Å². The fourth-order valence-corrected chi connectivity index (χ4v) is 7.10. The van der Waals surface area contributed by atoms with E-state index in [9.17, 15) is 13.2 Å². The molecule has 2 fully saturated rings. The molecule has 0 radical (unpaired) electrons. The first-order valence-corrected chi connectivity index (χ1v) is 15.7. The summed E-state index contributed by atoms with van der Waals surface area (Å²) in [5.41, 5.74) is 1.58. The highest BCUT2D eigenvalue weighted by Crippen LogP contribution is 2.41. The molecule has 2 aromatic rings. The third-order valence-electron chi connectivity index (χ3n) is 9.54. The predicted octanol–water partition coefficient (Wildman–Crippen LogP) is 11.4. The SMILES string of the molecule is CCCCCC[C@H]1CC[C@H](CCC2CCC(c3cc(F)c(CCc4ccc(Cl)c(F)c4)c(F)c3)CC2)CC1. The van der Waals surface area contributed by atoms with Gasteiger partial charge in [0.2, 0.25) is 0 Å². The Bertz CT molecular complexity index is 980. The highest BCUT2D eigenvalue weighted by Gasteiger charge is 2.26. The second-order valence-corrected chi connectivity index (χ2v) is 12.6. The average molecular weight is 547 g/mol. The van der Waals surface area contributed by atoms with Crippen LogP contribution >= 0.6 is 11.6 Å². The van der Waals surface area contributed by atoms with Crippen molar-refractivity contribution >= 4 is 11.6 Å². The minimum absolute atomic E-state index is 0.0563. The van der Waals surface area contributed by atoms with E-state index in [-0.39, 0.29) is 22.9 Å². The number of hydrogen-bond acceptors (Lipinski definition) is 0. The van der Waals surface area contributed by atoms with Crippen LogP contribution in [0.2, 0.25) is 5.02 Å². The van der Waals surface area contributed by atoms with Gasteiger partial charge in [0.1, 0.15) is 17.5 Å². The summed E-state index contributed by atoms with van der Waals surface area (Å²) in [6.45, 7) is 2.28. The van der Waals surface area contributed by atoms with E-state index in [4.69, 9.17) is 11.6 Å². The zero-order valence-electron chi connectivity index (χ0n) is 23.2. The van der Waals surface area contributed by atoms with E-state index < -0.39 is 17.5 Å². The molecule has 2 aromatic carbocycles. The molecule has 0 aromatic heterocycles. The van der Waals surface area contributed by atoms with E-state index in [1.807, 2.05) is 0 Å². The van der Waals surface area contributed by atoms with Crippen molar-refractivity contribution in [2.75, 3.05) is 0 Å². The summed E-state index contributed by atoms with van der Waals surface area (Å²) in [5.74, 6) is 1.46. The van der Waals surface area contributed by atoms with Crippen molar-refractivity contribution in [1.29, 1.82) is 0 Å². The molecular formula is C34H46ClF3. The zero-order chi connectivity index (χ0) is 26.9. The Kier molecular flexibility index (Phi) is 11.5. The molecule has 0 saturated heterocycles. The molecule has 0 N–H and O–H groups in total. The van der Waals surface area contributed by atoms with Crippen LogP contribution in [0.5, 0.6) is 0 Å². The maximum atomic E-state index is 14.9. The van der Waals surface area contributed by atoms with E-state index in [1.165, 1.54) is 95.6 Å². The third kappa shape index (κ3) is 8.51. The fourth-order valence-electron chi connectivity index (χ4n) is 6.99.